The molecule has 0 aromatic rings. The molecule has 3 atom stereocenters. The third-order valence-corrected chi connectivity index (χ3v) is 4.95. The van der Waals surface area contributed by atoms with Crippen molar-refractivity contribution in [3.05, 3.63) is 0 Å². The lowest BCUT2D eigenvalue weighted by Crippen LogP contribution is -2.33. The van der Waals surface area contributed by atoms with E-state index in [1.807, 2.05) is 0 Å². The molecule has 0 aromatic heterocycles. The van der Waals surface area contributed by atoms with Crippen LogP contribution < -0.4 is 0 Å². The second-order valence-corrected chi connectivity index (χ2v) is 6.88. The topological polar surface area (TPSA) is 60.7 Å². The van der Waals surface area contributed by atoms with Gasteiger partial charge in [0.05, 0.1) is 0 Å². The van der Waals surface area contributed by atoms with Gasteiger partial charge in [0.15, 0.2) is 0 Å². The molecule has 0 bridgehead atoms. The van der Waals surface area contributed by atoms with Gasteiger partial charge in [-0.2, -0.15) is 0 Å². The first kappa shape index (κ1) is 18.6. The van der Waals surface area contributed by atoms with E-state index < -0.39 is 17.0 Å². The minimum absolute atomic E-state index is 0.833. The number of rotatable bonds is 12. The Balaban J connectivity index is 3.65. The van der Waals surface area contributed by atoms with E-state index >= 15 is 0 Å². The van der Waals surface area contributed by atoms with Crippen molar-refractivity contribution in [3.8, 4) is 0 Å². The van der Waals surface area contributed by atoms with E-state index in [2.05, 4.69) is 13.8 Å². The van der Waals surface area contributed by atoms with Gasteiger partial charge in [-0.05, 0) is 24.3 Å². The fraction of sp³-hybridized carbons (Fsp3) is 1.00. The molecule has 0 heterocycles. The van der Waals surface area contributed by atoms with Crippen LogP contribution in [0.15, 0.2) is 0 Å². The standard InChI is InChI=1S/C13H28O3S2/c1-3-5-7-9-17-12(15)11(14)13(16)18-10-8-6-4-2/h11-16H,3-10H2,1-2H3/t11?,12-,13?/m1/s1. The van der Waals surface area contributed by atoms with E-state index in [1.54, 1.807) is 0 Å². The fourth-order valence-electron chi connectivity index (χ4n) is 1.45. The Hall–Kier alpha value is 0.580. The molecule has 0 saturated carbocycles. The van der Waals surface area contributed by atoms with Crippen LogP contribution in [-0.4, -0.2) is 43.8 Å². The Morgan fingerprint density at radius 3 is 1.44 bits per heavy atom. The molecule has 0 aliphatic heterocycles. The summed E-state index contributed by atoms with van der Waals surface area (Å²) in [5, 5.41) is 29.2. The highest BCUT2D eigenvalue weighted by Gasteiger charge is 2.24. The molecule has 0 radical (unpaired) electrons. The molecule has 0 amide bonds. The maximum atomic E-state index is 9.76. The highest BCUT2D eigenvalue weighted by molar-refractivity contribution is 8.00. The van der Waals surface area contributed by atoms with Gasteiger partial charge in [-0.15, -0.1) is 23.5 Å². The summed E-state index contributed by atoms with van der Waals surface area (Å²) in [6.07, 6.45) is 5.62. The highest BCUT2D eigenvalue weighted by Crippen LogP contribution is 2.22. The number of aliphatic hydroxyl groups is 3. The van der Waals surface area contributed by atoms with Gasteiger partial charge in [-0.1, -0.05) is 39.5 Å². The summed E-state index contributed by atoms with van der Waals surface area (Å²) in [7, 11) is 0. The van der Waals surface area contributed by atoms with E-state index in [0.717, 1.165) is 50.0 Å². The number of aliphatic hydroxyl groups excluding tert-OH is 3. The molecule has 5 heteroatoms. The molecule has 3 N–H and O–H groups in total. The van der Waals surface area contributed by atoms with Gasteiger partial charge >= 0.3 is 0 Å². The van der Waals surface area contributed by atoms with Gasteiger partial charge in [0.2, 0.25) is 0 Å². The molecule has 110 valence electrons. The second kappa shape index (κ2) is 12.6. The first-order valence-corrected chi connectivity index (χ1v) is 9.00. The van der Waals surface area contributed by atoms with Crippen LogP contribution in [-0.2, 0) is 0 Å². The van der Waals surface area contributed by atoms with Gasteiger partial charge in [-0.25, -0.2) is 0 Å². The van der Waals surface area contributed by atoms with Crippen molar-refractivity contribution >= 4 is 23.5 Å². The van der Waals surface area contributed by atoms with E-state index in [0.29, 0.717) is 0 Å². The zero-order valence-electron chi connectivity index (χ0n) is 11.5. The van der Waals surface area contributed by atoms with Gasteiger partial charge < -0.3 is 15.3 Å². The summed E-state index contributed by atoms with van der Waals surface area (Å²) in [6, 6.07) is 0. The first-order chi connectivity index (χ1) is 8.63. The maximum absolute atomic E-state index is 9.76. The molecule has 2 unspecified atom stereocenters. The van der Waals surface area contributed by atoms with Gasteiger partial charge in [-0.3, -0.25) is 0 Å². The second-order valence-electron chi connectivity index (χ2n) is 4.43. The Labute approximate surface area is 120 Å². The third kappa shape index (κ3) is 9.50. The van der Waals surface area contributed by atoms with Crippen LogP contribution in [0.25, 0.3) is 0 Å². The monoisotopic (exact) mass is 296 g/mol. The number of hydrogen-bond donors (Lipinski definition) is 3. The Kier molecular flexibility index (Phi) is 13.0. The van der Waals surface area contributed by atoms with E-state index in [1.165, 1.54) is 23.5 Å². The SMILES string of the molecule is CCCCCSC(O)C(O)[C@H](O)SCCCCC. The summed E-state index contributed by atoms with van der Waals surface area (Å²) in [5.41, 5.74) is -1.76. The summed E-state index contributed by atoms with van der Waals surface area (Å²) in [4.78, 5) is 0. The molecular weight excluding hydrogens is 268 g/mol. The fourth-order valence-corrected chi connectivity index (χ4v) is 3.47. The lowest BCUT2D eigenvalue weighted by molar-refractivity contribution is 0.0130. The average Bonchev–Trinajstić information content (AvgIpc) is 2.38. The summed E-state index contributed by atoms with van der Waals surface area (Å²) >= 11 is 2.66. The number of unbranched alkanes of at least 4 members (excludes halogenated alkanes) is 4. The zero-order chi connectivity index (χ0) is 13.8. The Bertz CT molecular complexity index is 164. The van der Waals surface area contributed by atoms with Crippen molar-refractivity contribution in [2.45, 2.75) is 69.3 Å². The first-order valence-electron chi connectivity index (χ1n) is 6.90. The van der Waals surface area contributed by atoms with E-state index in [-0.39, 0.29) is 0 Å². The zero-order valence-corrected chi connectivity index (χ0v) is 13.2. The predicted octanol–water partition coefficient (Wildman–Crippen LogP) is 2.83. The minimum Gasteiger partial charge on any atom is -0.386 e. The summed E-state index contributed by atoms with van der Waals surface area (Å²) in [5.74, 6) is 1.67. The van der Waals surface area contributed by atoms with Crippen molar-refractivity contribution in [2.24, 2.45) is 0 Å². The average molecular weight is 296 g/mol. The highest BCUT2D eigenvalue weighted by atomic mass is 32.2. The smallest absolute Gasteiger partial charge is 0.129 e. The van der Waals surface area contributed by atoms with Crippen LogP contribution >= 0.6 is 23.5 Å². The van der Waals surface area contributed by atoms with Gasteiger partial charge in [0, 0.05) is 0 Å². The molecule has 0 fully saturated rings. The van der Waals surface area contributed by atoms with Gasteiger partial charge in [0.1, 0.15) is 17.0 Å². The molecule has 0 rings (SSSR count). The molecule has 0 saturated heterocycles. The van der Waals surface area contributed by atoms with Crippen LogP contribution in [0.3, 0.4) is 0 Å². The maximum Gasteiger partial charge on any atom is 0.129 e. The van der Waals surface area contributed by atoms with Crippen molar-refractivity contribution in [3.63, 3.8) is 0 Å². The van der Waals surface area contributed by atoms with Crippen LogP contribution in [0.2, 0.25) is 0 Å². The lowest BCUT2D eigenvalue weighted by Gasteiger charge is -2.22. The summed E-state index contributed by atoms with van der Waals surface area (Å²) in [6.45, 7) is 4.26. The molecule has 0 aliphatic carbocycles. The van der Waals surface area contributed by atoms with Crippen LogP contribution in [0.4, 0.5) is 0 Å². The summed E-state index contributed by atoms with van der Waals surface area (Å²) < 4.78 is 0. The van der Waals surface area contributed by atoms with Crippen LogP contribution in [0.1, 0.15) is 52.4 Å². The molecule has 3 nitrogen and oxygen atoms in total. The molecule has 0 spiro atoms. The van der Waals surface area contributed by atoms with E-state index in [9.17, 15) is 15.3 Å². The Morgan fingerprint density at radius 2 is 1.11 bits per heavy atom. The van der Waals surface area contributed by atoms with Crippen LogP contribution in [0, 0.1) is 0 Å². The van der Waals surface area contributed by atoms with Crippen LogP contribution in [0.5, 0.6) is 0 Å². The largest absolute Gasteiger partial charge is 0.386 e. The molecule has 0 aromatic carbocycles. The predicted molar refractivity (Wildman–Crippen MR) is 82.0 cm³/mol. The molecular formula is C13H28O3S2. The van der Waals surface area contributed by atoms with Gasteiger partial charge in [0.25, 0.3) is 0 Å². The van der Waals surface area contributed by atoms with Crippen molar-refractivity contribution < 1.29 is 15.3 Å². The van der Waals surface area contributed by atoms with Crippen molar-refractivity contribution in [2.75, 3.05) is 11.5 Å². The Morgan fingerprint density at radius 1 is 0.722 bits per heavy atom. The number of thioether (sulfide) groups is 2. The number of hydrogen-bond acceptors (Lipinski definition) is 5. The van der Waals surface area contributed by atoms with Crippen molar-refractivity contribution in [1.82, 2.24) is 0 Å². The quantitative estimate of drug-likeness (QED) is 0.382. The molecule has 18 heavy (non-hydrogen) atoms. The molecule has 0 aliphatic rings. The minimum atomic E-state index is -1.05. The van der Waals surface area contributed by atoms with Crippen molar-refractivity contribution in [1.29, 1.82) is 0 Å². The normalized spacial score (nSPS) is 16.5. The third-order valence-electron chi connectivity index (χ3n) is 2.66. The van der Waals surface area contributed by atoms with E-state index in [4.69, 9.17) is 0 Å². The lowest BCUT2D eigenvalue weighted by atomic mass is 10.3.